The molecule has 0 spiro atoms. The first-order chi connectivity index (χ1) is 7.83. The number of thiophene rings is 1. The van der Waals surface area contributed by atoms with Crippen molar-refractivity contribution in [2.24, 2.45) is 0 Å². The molecule has 1 aromatic heterocycles. The highest BCUT2D eigenvalue weighted by atomic mass is 32.1. The third kappa shape index (κ3) is 2.43. The monoisotopic (exact) mass is 234 g/mol. The number of rotatable bonds is 5. The summed E-state index contributed by atoms with van der Waals surface area (Å²) in [6, 6.07) is 2.07. The van der Waals surface area contributed by atoms with E-state index in [-0.39, 0.29) is 0 Å². The van der Waals surface area contributed by atoms with Crippen molar-refractivity contribution in [1.82, 2.24) is 0 Å². The van der Waals surface area contributed by atoms with Crippen molar-refractivity contribution < 1.29 is 4.79 Å². The van der Waals surface area contributed by atoms with E-state index in [4.69, 9.17) is 0 Å². The molecule has 0 unspecified atom stereocenters. The molecule has 0 atom stereocenters. The maximum Gasteiger partial charge on any atom is 0.163 e. The summed E-state index contributed by atoms with van der Waals surface area (Å²) in [6.45, 7) is 2.22. The summed E-state index contributed by atoms with van der Waals surface area (Å²) in [5, 5.41) is 4.15. The van der Waals surface area contributed by atoms with E-state index in [1.54, 1.807) is 11.3 Å². The molecule has 1 aromatic rings. The predicted molar refractivity (Wildman–Crippen MR) is 69.6 cm³/mol. The zero-order valence-corrected chi connectivity index (χ0v) is 10.6. The van der Waals surface area contributed by atoms with E-state index < -0.39 is 0 Å². The number of allylic oxidation sites excluding steroid dienone is 2. The maximum absolute atomic E-state index is 11.9. The fourth-order valence-corrected chi connectivity index (χ4v) is 2.97. The summed E-state index contributed by atoms with van der Waals surface area (Å²) < 4.78 is 0. The van der Waals surface area contributed by atoms with Gasteiger partial charge in [0, 0.05) is 12.0 Å². The lowest BCUT2D eigenvalue weighted by atomic mass is 10.00. The van der Waals surface area contributed by atoms with Crippen LogP contribution >= 0.6 is 11.3 Å². The SMILES string of the molecule is CCCCCC1=C(c2ccsc2)C(=O)CC1. The topological polar surface area (TPSA) is 17.1 Å². The van der Waals surface area contributed by atoms with Gasteiger partial charge in [-0.05, 0) is 41.7 Å². The summed E-state index contributed by atoms with van der Waals surface area (Å²) in [7, 11) is 0. The molecule has 1 aliphatic carbocycles. The molecular weight excluding hydrogens is 216 g/mol. The predicted octanol–water partition coefficient (Wildman–Crippen LogP) is 4.44. The molecular formula is C14H18OS. The molecule has 0 amide bonds. The second kappa shape index (κ2) is 5.44. The Balaban J connectivity index is 2.15. The zero-order chi connectivity index (χ0) is 11.4. The van der Waals surface area contributed by atoms with Crippen molar-refractivity contribution in [2.75, 3.05) is 0 Å². The summed E-state index contributed by atoms with van der Waals surface area (Å²) in [5.74, 6) is 0.352. The lowest BCUT2D eigenvalue weighted by Crippen LogP contribution is -1.94. The third-order valence-electron chi connectivity index (χ3n) is 3.18. The molecule has 1 nitrogen and oxygen atoms in total. The molecule has 0 aromatic carbocycles. The van der Waals surface area contributed by atoms with E-state index in [0.29, 0.717) is 5.78 Å². The van der Waals surface area contributed by atoms with E-state index in [2.05, 4.69) is 23.8 Å². The van der Waals surface area contributed by atoms with E-state index in [1.807, 2.05) is 0 Å². The zero-order valence-electron chi connectivity index (χ0n) is 9.79. The van der Waals surface area contributed by atoms with Gasteiger partial charge in [0.15, 0.2) is 5.78 Å². The molecule has 2 rings (SSSR count). The first-order valence-electron chi connectivity index (χ1n) is 6.10. The smallest absolute Gasteiger partial charge is 0.163 e. The van der Waals surface area contributed by atoms with Crippen molar-refractivity contribution in [1.29, 1.82) is 0 Å². The molecule has 0 fully saturated rings. The Kier molecular flexibility index (Phi) is 3.94. The minimum absolute atomic E-state index is 0.352. The second-order valence-corrected chi connectivity index (χ2v) is 5.15. The number of carbonyl (C=O) groups excluding carboxylic acids is 1. The number of ketones is 1. The Hall–Kier alpha value is -0.890. The van der Waals surface area contributed by atoms with E-state index in [0.717, 1.165) is 30.4 Å². The summed E-state index contributed by atoms with van der Waals surface area (Å²) >= 11 is 1.67. The molecule has 1 aliphatic rings. The highest BCUT2D eigenvalue weighted by Crippen LogP contribution is 2.34. The van der Waals surface area contributed by atoms with Crippen LogP contribution in [0.15, 0.2) is 22.4 Å². The third-order valence-corrected chi connectivity index (χ3v) is 3.86. The minimum Gasteiger partial charge on any atom is -0.294 e. The molecule has 2 heteroatoms. The van der Waals surface area contributed by atoms with Crippen molar-refractivity contribution >= 4 is 22.7 Å². The first-order valence-corrected chi connectivity index (χ1v) is 7.05. The van der Waals surface area contributed by atoms with Crippen molar-refractivity contribution in [2.45, 2.75) is 45.4 Å². The minimum atomic E-state index is 0.352. The Labute approximate surface area is 101 Å². The van der Waals surface area contributed by atoms with Crippen molar-refractivity contribution in [3.63, 3.8) is 0 Å². The van der Waals surface area contributed by atoms with Crippen LogP contribution < -0.4 is 0 Å². The van der Waals surface area contributed by atoms with Crippen LogP contribution in [0.4, 0.5) is 0 Å². The van der Waals surface area contributed by atoms with Crippen LogP contribution in [0.5, 0.6) is 0 Å². The highest BCUT2D eigenvalue weighted by molar-refractivity contribution is 7.08. The van der Waals surface area contributed by atoms with Crippen LogP contribution in [0.1, 0.15) is 51.0 Å². The van der Waals surface area contributed by atoms with Crippen molar-refractivity contribution in [3.05, 3.63) is 28.0 Å². The van der Waals surface area contributed by atoms with Crippen LogP contribution in [-0.4, -0.2) is 5.78 Å². The molecule has 0 N–H and O–H groups in total. The lowest BCUT2D eigenvalue weighted by Gasteiger charge is -2.04. The van der Waals surface area contributed by atoms with E-state index in [1.165, 1.54) is 24.8 Å². The number of unbranched alkanes of at least 4 members (excludes halogenated alkanes) is 2. The Morgan fingerprint density at radius 2 is 2.19 bits per heavy atom. The van der Waals surface area contributed by atoms with Gasteiger partial charge < -0.3 is 0 Å². The average molecular weight is 234 g/mol. The Morgan fingerprint density at radius 3 is 2.88 bits per heavy atom. The maximum atomic E-state index is 11.9. The molecule has 0 radical (unpaired) electrons. The molecule has 0 aliphatic heterocycles. The standard InChI is InChI=1S/C14H18OS/c1-2-3-4-5-11-6-7-13(15)14(11)12-8-9-16-10-12/h8-10H,2-7H2,1H3. The molecule has 0 saturated carbocycles. The fraction of sp³-hybridized carbons (Fsp3) is 0.500. The van der Waals surface area contributed by atoms with Crippen LogP contribution in [0, 0.1) is 0 Å². The van der Waals surface area contributed by atoms with Gasteiger partial charge in [0.05, 0.1) is 0 Å². The van der Waals surface area contributed by atoms with Gasteiger partial charge in [0.25, 0.3) is 0 Å². The number of hydrogen-bond acceptors (Lipinski definition) is 2. The second-order valence-electron chi connectivity index (χ2n) is 4.37. The van der Waals surface area contributed by atoms with Gasteiger partial charge in [-0.25, -0.2) is 0 Å². The van der Waals surface area contributed by atoms with E-state index >= 15 is 0 Å². The number of carbonyl (C=O) groups is 1. The van der Waals surface area contributed by atoms with E-state index in [9.17, 15) is 4.79 Å². The van der Waals surface area contributed by atoms with Gasteiger partial charge >= 0.3 is 0 Å². The molecule has 1 heterocycles. The first kappa shape index (κ1) is 11.6. The van der Waals surface area contributed by atoms with Crippen LogP contribution in [-0.2, 0) is 4.79 Å². The molecule has 86 valence electrons. The van der Waals surface area contributed by atoms with Gasteiger partial charge in [-0.3, -0.25) is 4.79 Å². The molecule has 16 heavy (non-hydrogen) atoms. The van der Waals surface area contributed by atoms with Crippen LogP contribution in [0.2, 0.25) is 0 Å². The van der Waals surface area contributed by atoms with Gasteiger partial charge in [-0.1, -0.05) is 25.3 Å². The number of hydrogen-bond donors (Lipinski definition) is 0. The largest absolute Gasteiger partial charge is 0.294 e. The average Bonchev–Trinajstić information content (AvgIpc) is 2.88. The quantitative estimate of drug-likeness (QED) is 0.688. The number of Topliss-reactive ketones (excluding diaryl/α,β-unsaturated/α-hetero) is 1. The Bertz CT molecular complexity index is 387. The summed E-state index contributed by atoms with van der Waals surface area (Å²) in [4.78, 5) is 11.9. The van der Waals surface area contributed by atoms with Crippen LogP contribution in [0.25, 0.3) is 5.57 Å². The normalized spacial score (nSPS) is 16.2. The van der Waals surface area contributed by atoms with Gasteiger partial charge in [0.2, 0.25) is 0 Å². The van der Waals surface area contributed by atoms with Gasteiger partial charge in [-0.15, -0.1) is 0 Å². The van der Waals surface area contributed by atoms with Gasteiger partial charge in [0.1, 0.15) is 0 Å². The molecule has 0 bridgehead atoms. The highest BCUT2D eigenvalue weighted by Gasteiger charge is 2.23. The van der Waals surface area contributed by atoms with Gasteiger partial charge in [-0.2, -0.15) is 11.3 Å². The molecule has 0 saturated heterocycles. The fourth-order valence-electron chi connectivity index (χ4n) is 2.32. The lowest BCUT2D eigenvalue weighted by molar-refractivity contribution is -0.113. The van der Waals surface area contributed by atoms with Crippen LogP contribution in [0.3, 0.4) is 0 Å². The van der Waals surface area contributed by atoms with Crippen molar-refractivity contribution in [3.8, 4) is 0 Å². The summed E-state index contributed by atoms with van der Waals surface area (Å²) in [6.07, 6.45) is 6.58. The summed E-state index contributed by atoms with van der Waals surface area (Å²) in [5.41, 5.74) is 3.59. The Morgan fingerprint density at radius 1 is 1.31 bits per heavy atom.